The van der Waals surface area contributed by atoms with Crippen molar-refractivity contribution in [2.45, 2.75) is 23.5 Å². The molecule has 2 rings (SSSR count). The summed E-state index contributed by atoms with van der Waals surface area (Å²) in [6.45, 7) is 2.76. The Kier molecular flexibility index (Phi) is 2.12. The maximum absolute atomic E-state index is 12.4. The lowest BCUT2D eigenvalue weighted by Crippen LogP contribution is -2.12. The lowest BCUT2D eigenvalue weighted by atomic mass is 10.3. The van der Waals surface area contributed by atoms with Gasteiger partial charge < -0.3 is 0 Å². The summed E-state index contributed by atoms with van der Waals surface area (Å²) in [5.74, 6) is 0. The molecule has 1 aromatic rings. The van der Waals surface area contributed by atoms with Crippen molar-refractivity contribution >= 4 is 9.73 Å². The van der Waals surface area contributed by atoms with Crippen molar-refractivity contribution in [1.29, 1.82) is 0 Å². The van der Waals surface area contributed by atoms with E-state index in [0.717, 1.165) is 17.9 Å². The van der Waals surface area contributed by atoms with Crippen molar-refractivity contribution < 1.29 is 4.21 Å². The summed E-state index contributed by atoms with van der Waals surface area (Å²) in [7, 11) is -2.09. The van der Waals surface area contributed by atoms with Crippen LogP contribution in [-0.2, 0) is 9.73 Å². The first-order valence-electron chi connectivity index (χ1n) is 4.50. The van der Waals surface area contributed by atoms with Crippen molar-refractivity contribution in [1.82, 2.24) is 0 Å². The van der Waals surface area contributed by atoms with Gasteiger partial charge in [-0.05, 0) is 25.5 Å². The molecule has 2 atom stereocenters. The van der Waals surface area contributed by atoms with E-state index in [1.165, 1.54) is 0 Å². The summed E-state index contributed by atoms with van der Waals surface area (Å²) < 4.78 is 16.6. The van der Waals surface area contributed by atoms with E-state index in [1.54, 1.807) is 0 Å². The van der Waals surface area contributed by atoms with Crippen LogP contribution >= 0.6 is 0 Å². The highest BCUT2D eigenvalue weighted by Crippen LogP contribution is 2.25. The van der Waals surface area contributed by atoms with Gasteiger partial charge in [0, 0.05) is 16.7 Å². The largest absolute Gasteiger partial charge is 0.244 e. The van der Waals surface area contributed by atoms with Crippen LogP contribution in [0.4, 0.5) is 0 Å². The molecule has 70 valence electrons. The van der Waals surface area contributed by atoms with E-state index in [1.807, 2.05) is 37.3 Å². The van der Waals surface area contributed by atoms with Crippen molar-refractivity contribution in [2.75, 3.05) is 6.54 Å². The fourth-order valence-electron chi connectivity index (χ4n) is 1.58. The Hall–Kier alpha value is -0.830. The van der Waals surface area contributed by atoms with Gasteiger partial charge in [0.15, 0.2) is 0 Å². The minimum absolute atomic E-state index is 0.204. The molecule has 0 spiro atoms. The van der Waals surface area contributed by atoms with E-state index in [4.69, 9.17) is 0 Å². The maximum atomic E-state index is 12.4. The minimum Gasteiger partial charge on any atom is -0.244 e. The molecule has 0 saturated heterocycles. The number of rotatable bonds is 1. The quantitative estimate of drug-likeness (QED) is 0.676. The highest BCUT2D eigenvalue weighted by atomic mass is 32.2. The third kappa shape index (κ3) is 1.37. The molecule has 1 heterocycles. The van der Waals surface area contributed by atoms with Gasteiger partial charge in [-0.3, -0.25) is 0 Å². The molecule has 2 nitrogen and oxygen atoms in total. The minimum atomic E-state index is -2.09. The van der Waals surface area contributed by atoms with Crippen molar-refractivity contribution in [3.63, 3.8) is 0 Å². The Morgan fingerprint density at radius 2 is 2.08 bits per heavy atom. The molecule has 1 aliphatic heterocycles. The average molecular weight is 195 g/mol. The normalized spacial score (nSPS) is 32.8. The van der Waals surface area contributed by atoms with Gasteiger partial charge in [0.05, 0.1) is 9.73 Å². The summed E-state index contributed by atoms with van der Waals surface area (Å²) >= 11 is 0. The summed E-state index contributed by atoms with van der Waals surface area (Å²) in [5.41, 5.74) is 0. The zero-order valence-electron chi connectivity index (χ0n) is 7.64. The molecular weight excluding hydrogens is 182 g/mol. The topological polar surface area (TPSA) is 29.4 Å². The average Bonchev–Trinajstić information content (AvgIpc) is 2.50. The monoisotopic (exact) mass is 195 g/mol. The predicted molar refractivity (Wildman–Crippen MR) is 54.2 cm³/mol. The first-order chi connectivity index (χ1) is 6.23. The van der Waals surface area contributed by atoms with E-state index in [9.17, 15) is 4.21 Å². The lowest BCUT2D eigenvalue weighted by molar-refractivity contribution is 0.670. The standard InChI is InChI=1S/C10H13NOS/c1-9-7-8-11-13(9,12)10-5-3-2-4-6-10/h2-6,9H,7-8H2,1H3/t9?,13-/m0/s1. The number of benzene rings is 1. The lowest BCUT2D eigenvalue weighted by Gasteiger charge is -2.09. The Bertz CT molecular complexity index is 404. The molecule has 0 radical (unpaired) electrons. The number of hydrogen-bond acceptors (Lipinski definition) is 2. The van der Waals surface area contributed by atoms with Crippen LogP contribution in [0, 0.1) is 0 Å². The SMILES string of the molecule is CC1CCN=[S@@]1(=O)c1ccccc1. The highest BCUT2D eigenvalue weighted by molar-refractivity contribution is 7.94. The first-order valence-corrected chi connectivity index (χ1v) is 6.08. The van der Waals surface area contributed by atoms with Gasteiger partial charge in [0.1, 0.15) is 0 Å². The molecule has 1 unspecified atom stereocenters. The predicted octanol–water partition coefficient (Wildman–Crippen LogP) is 2.31. The smallest absolute Gasteiger partial charge is 0.0779 e. The Morgan fingerprint density at radius 1 is 1.38 bits per heavy atom. The van der Waals surface area contributed by atoms with Crippen LogP contribution in [0.3, 0.4) is 0 Å². The van der Waals surface area contributed by atoms with E-state index >= 15 is 0 Å². The molecule has 0 aliphatic carbocycles. The molecule has 0 amide bonds. The van der Waals surface area contributed by atoms with Crippen LogP contribution in [-0.4, -0.2) is 16.0 Å². The fourth-order valence-corrected chi connectivity index (χ4v) is 3.80. The molecule has 3 heteroatoms. The van der Waals surface area contributed by atoms with Crippen LogP contribution in [0.15, 0.2) is 39.6 Å². The van der Waals surface area contributed by atoms with E-state index in [0.29, 0.717) is 0 Å². The Balaban J connectivity index is 2.53. The van der Waals surface area contributed by atoms with Crippen molar-refractivity contribution in [3.05, 3.63) is 30.3 Å². The number of nitrogens with zero attached hydrogens (tertiary/aromatic N) is 1. The van der Waals surface area contributed by atoms with Gasteiger partial charge in [-0.2, -0.15) is 0 Å². The van der Waals surface area contributed by atoms with Crippen LogP contribution in [0.25, 0.3) is 0 Å². The van der Waals surface area contributed by atoms with Gasteiger partial charge in [0.25, 0.3) is 0 Å². The van der Waals surface area contributed by atoms with Gasteiger partial charge in [-0.1, -0.05) is 18.2 Å². The fraction of sp³-hybridized carbons (Fsp3) is 0.400. The second kappa shape index (κ2) is 3.14. The Labute approximate surface area is 79.2 Å². The second-order valence-electron chi connectivity index (χ2n) is 3.33. The van der Waals surface area contributed by atoms with E-state index in [-0.39, 0.29) is 5.25 Å². The molecule has 0 saturated carbocycles. The van der Waals surface area contributed by atoms with Crippen LogP contribution in [0.1, 0.15) is 13.3 Å². The molecule has 13 heavy (non-hydrogen) atoms. The summed E-state index contributed by atoms with van der Waals surface area (Å²) in [6, 6.07) is 9.60. The zero-order valence-corrected chi connectivity index (χ0v) is 8.46. The maximum Gasteiger partial charge on any atom is 0.0779 e. The van der Waals surface area contributed by atoms with E-state index in [2.05, 4.69) is 4.36 Å². The third-order valence-corrected chi connectivity index (χ3v) is 5.29. The molecule has 1 aliphatic rings. The van der Waals surface area contributed by atoms with Crippen LogP contribution < -0.4 is 0 Å². The van der Waals surface area contributed by atoms with Gasteiger partial charge in [-0.25, -0.2) is 8.57 Å². The highest BCUT2D eigenvalue weighted by Gasteiger charge is 2.25. The van der Waals surface area contributed by atoms with Gasteiger partial charge in [0.2, 0.25) is 0 Å². The molecule has 0 N–H and O–H groups in total. The molecular formula is C10H13NOS. The first kappa shape index (κ1) is 8.75. The van der Waals surface area contributed by atoms with Gasteiger partial charge >= 0.3 is 0 Å². The third-order valence-electron chi connectivity index (χ3n) is 2.45. The Morgan fingerprint density at radius 3 is 2.62 bits per heavy atom. The van der Waals surface area contributed by atoms with E-state index < -0.39 is 9.73 Å². The summed E-state index contributed by atoms with van der Waals surface area (Å²) in [5, 5.41) is 0.204. The summed E-state index contributed by atoms with van der Waals surface area (Å²) in [6.07, 6.45) is 0.952. The van der Waals surface area contributed by atoms with Crippen molar-refractivity contribution in [2.24, 2.45) is 4.36 Å². The second-order valence-corrected chi connectivity index (χ2v) is 6.01. The van der Waals surface area contributed by atoms with Crippen LogP contribution in [0.2, 0.25) is 0 Å². The van der Waals surface area contributed by atoms with Gasteiger partial charge in [-0.15, -0.1) is 0 Å². The molecule has 0 bridgehead atoms. The molecule has 0 aromatic heterocycles. The summed E-state index contributed by atoms with van der Waals surface area (Å²) in [4.78, 5) is 0.889. The van der Waals surface area contributed by atoms with Crippen molar-refractivity contribution in [3.8, 4) is 0 Å². The number of hydrogen-bond donors (Lipinski definition) is 0. The molecule has 0 fully saturated rings. The molecule has 1 aromatic carbocycles. The van der Waals surface area contributed by atoms with Crippen LogP contribution in [0.5, 0.6) is 0 Å². The zero-order chi connectivity index (χ0) is 9.31.